The molecule has 0 aliphatic carbocycles. The molecule has 2 aromatic heterocycles. The number of aryl methyl sites for hydroxylation is 1. The van der Waals surface area contributed by atoms with Gasteiger partial charge >= 0.3 is 0 Å². The quantitative estimate of drug-likeness (QED) is 0.448. The fourth-order valence-corrected chi connectivity index (χ4v) is 3.63. The largest absolute Gasteiger partial charge is 0.506 e. The molecule has 0 radical (unpaired) electrons. The maximum Gasteiger partial charge on any atom is 0.202 e. The Morgan fingerprint density at radius 2 is 1.81 bits per heavy atom. The molecule has 0 saturated heterocycles. The number of aromatic hydroxyl groups is 1. The highest BCUT2D eigenvalue weighted by molar-refractivity contribution is 9.11. The highest BCUT2D eigenvalue weighted by atomic mass is 79.9. The minimum Gasteiger partial charge on any atom is -0.506 e. The van der Waals surface area contributed by atoms with Crippen molar-refractivity contribution in [3.05, 3.63) is 49.1 Å². The lowest BCUT2D eigenvalue weighted by Crippen LogP contribution is -2.08. The summed E-state index contributed by atoms with van der Waals surface area (Å²) >= 11 is 6.69. The molecule has 0 atom stereocenters. The average Bonchev–Trinajstić information content (AvgIpc) is 2.78. The minimum absolute atomic E-state index is 0.0554. The molecule has 0 aliphatic rings. The molecule has 1 N–H and O–H groups in total. The topological polar surface area (TPSA) is 54.6 Å². The normalized spacial score (nSPS) is 12.0. The van der Waals surface area contributed by atoms with Gasteiger partial charge in [-0.25, -0.2) is 4.52 Å². The number of nitrogens with zero attached hydrogens (tertiary/aromatic N) is 2. The zero-order valence-corrected chi connectivity index (χ0v) is 14.0. The van der Waals surface area contributed by atoms with E-state index in [1.165, 1.54) is 0 Å². The Labute approximate surface area is 135 Å². The van der Waals surface area contributed by atoms with Gasteiger partial charge in [-0.15, -0.1) is 0 Å². The van der Waals surface area contributed by atoms with Gasteiger partial charge in [0.05, 0.1) is 32.0 Å². The summed E-state index contributed by atoms with van der Waals surface area (Å²) in [7, 11) is 0. The molecule has 0 aliphatic heterocycles. The zero-order valence-electron chi connectivity index (χ0n) is 10.8. The third kappa shape index (κ3) is 1.54. The molecule has 21 heavy (non-hydrogen) atoms. The predicted octanol–water partition coefficient (Wildman–Crippen LogP) is 3.98. The second-order valence-corrected chi connectivity index (χ2v) is 6.64. The molecule has 2 aromatic carbocycles. The van der Waals surface area contributed by atoms with E-state index >= 15 is 0 Å². The molecule has 0 amide bonds. The third-order valence-corrected chi connectivity index (χ3v) is 5.07. The first-order valence-electron chi connectivity index (χ1n) is 6.25. The van der Waals surface area contributed by atoms with Gasteiger partial charge in [-0.2, -0.15) is 5.10 Å². The van der Waals surface area contributed by atoms with Crippen LogP contribution in [0.25, 0.3) is 27.2 Å². The molecule has 0 saturated carbocycles. The van der Waals surface area contributed by atoms with Crippen molar-refractivity contribution in [2.24, 2.45) is 0 Å². The van der Waals surface area contributed by atoms with Crippen molar-refractivity contribution in [2.45, 2.75) is 6.92 Å². The smallest absolute Gasteiger partial charge is 0.202 e. The van der Waals surface area contributed by atoms with Gasteiger partial charge in [-0.05, 0) is 63.0 Å². The highest BCUT2D eigenvalue weighted by Crippen LogP contribution is 2.35. The van der Waals surface area contributed by atoms with Gasteiger partial charge in [-0.3, -0.25) is 4.79 Å². The van der Waals surface area contributed by atoms with E-state index in [0.29, 0.717) is 19.8 Å². The molecule has 104 valence electrons. The highest BCUT2D eigenvalue weighted by Gasteiger charge is 2.20. The van der Waals surface area contributed by atoms with Crippen LogP contribution in [0.2, 0.25) is 0 Å². The Bertz CT molecular complexity index is 1100. The van der Waals surface area contributed by atoms with Gasteiger partial charge in [0.1, 0.15) is 5.75 Å². The third-order valence-electron chi connectivity index (χ3n) is 3.77. The minimum atomic E-state index is -0.200. The van der Waals surface area contributed by atoms with Crippen LogP contribution in [-0.2, 0) is 0 Å². The Morgan fingerprint density at radius 3 is 2.57 bits per heavy atom. The van der Waals surface area contributed by atoms with Crippen LogP contribution in [-0.4, -0.2) is 14.7 Å². The monoisotopic (exact) mass is 406 g/mol. The van der Waals surface area contributed by atoms with Crippen LogP contribution in [0.3, 0.4) is 0 Å². The number of pyridine rings is 1. The summed E-state index contributed by atoms with van der Waals surface area (Å²) in [4.78, 5) is 12.8. The molecule has 0 fully saturated rings. The number of fused-ring (bicyclic) bond motifs is 2. The lowest BCUT2D eigenvalue weighted by atomic mass is 10.1. The summed E-state index contributed by atoms with van der Waals surface area (Å²) in [6, 6.07) is 7.29. The molecule has 4 rings (SSSR count). The fourth-order valence-electron chi connectivity index (χ4n) is 2.80. The first kappa shape index (κ1) is 13.0. The maximum absolute atomic E-state index is 12.8. The summed E-state index contributed by atoms with van der Waals surface area (Å²) in [6.45, 7) is 1.91. The van der Waals surface area contributed by atoms with Crippen molar-refractivity contribution >= 4 is 59.1 Å². The van der Waals surface area contributed by atoms with Gasteiger partial charge < -0.3 is 5.11 Å². The Hall–Kier alpha value is -1.66. The van der Waals surface area contributed by atoms with E-state index < -0.39 is 0 Å². The van der Waals surface area contributed by atoms with Gasteiger partial charge in [-0.1, -0.05) is 0 Å². The molecular formula is C15H8Br2N2O2. The molecule has 4 nitrogen and oxygen atoms in total. The maximum atomic E-state index is 12.8. The summed E-state index contributed by atoms with van der Waals surface area (Å²) in [5.41, 5.74) is 2.03. The summed E-state index contributed by atoms with van der Waals surface area (Å²) < 4.78 is 2.92. The van der Waals surface area contributed by atoms with Gasteiger partial charge in [0.15, 0.2) is 0 Å². The summed E-state index contributed by atoms with van der Waals surface area (Å²) in [5.74, 6) is -0.0554. The molecule has 2 heterocycles. The summed E-state index contributed by atoms with van der Waals surface area (Å²) in [6.07, 6.45) is 0. The van der Waals surface area contributed by atoms with E-state index in [4.69, 9.17) is 0 Å². The molecule has 4 aromatic rings. The van der Waals surface area contributed by atoms with E-state index in [9.17, 15) is 9.90 Å². The van der Waals surface area contributed by atoms with Crippen molar-refractivity contribution in [1.82, 2.24) is 9.61 Å². The van der Waals surface area contributed by atoms with E-state index in [1.54, 1.807) is 16.6 Å². The van der Waals surface area contributed by atoms with Crippen LogP contribution in [0, 0.1) is 6.92 Å². The molecule has 0 bridgehead atoms. The standard InChI is InChI=1S/C15H8Br2N2O2/c1-6-7-2-3-8(16)11-13(7)19(18-6)10-5-4-9(17)14(20)12(10)15(11)21/h2-5,20H,1H3. The van der Waals surface area contributed by atoms with Crippen molar-refractivity contribution < 1.29 is 5.11 Å². The van der Waals surface area contributed by atoms with E-state index in [-0.39, 0.29) is 16.6 Å². The van der Waals surface area contributed by atoms with Crippen LogP contribution < -0.4 is 5.43 Å². The number of rotatable bonds is 0. The average molecular weight is 408 g/mol. The number of phenolic OH excluding ortho intramolecular Hbond substituents is 1. The van der Waals surface area contributed by atoms with Crippen LogP contribution in [0.15, 0.2) is 38.0 Å². The van der Waals surface area contributed by atoms with E-state index in [2.05, 4.69) is 37.0 Å². The Kier molecular flexibility index (Phi) is 2.59. The fraction of sp³-hybridized carbons (Fsp3) is 0.0667. The first-order chi connectivity index (χ1) is 10.0. The van der Waals surface area contributed by atoms with Crippen LogP contribution in [0.4, 0.5) is 0 Å². The van der Waals surface area contributed by atoms with Crippen molar-refractivity contribution in [2.75, 3.05) is 0 Å². The SMILES string of the molecule is Cc1nn2c3ccc(Br)c(O)c3c(=O)c3c(Br)ccc1c32. The number of benzene rings is 2. The Morgan fingerprint density at radius 1 is 1.10 bits per heavy atom. The number of aromatic nitrogens is 2. The van der Waals surface area contributed by atoms with Crippen molar-refractivity contribution in [3.63, 3.8) is 0 Å². The molecule has 0 spiro atoms. The number of phenols is 1. The van der Waals surface area contributed by atoms with Gasteiger partial charge in [0, 0.05) is 9.86 Å². The lowest BCUT2D eigenvalue weighted by molar-refractivity contribution is 0.478. The first-order valence-corrected chi connectivity index (χ1v) is 7.83. The number of hydrogen-bond acceptors (Lipinski definition) is 3. The van der Waals surface area contributed by atoms with Crippen molar-refractivity contribution in [1.29, 1.82) is 0 Å². The predicted molar refractivity (Wildman–Crippen MR) is 89.5 cm³/mol. The molecule has 0 unspecified atom stereocenters. The number of hydrogen-bond donors (Lipinski definition) is 1. The van der Waals surface area contributed by atoms with E-state index in [1.807, 2.05) is 19.1 Å². The van der Waals surface area contributed by atoms with Crippen LogP contribution in [0.5, 0.6) is 5.75 Å². The second-order valence-electron chi connectivity index (χ2n) is 4.94. The molecular weight excluding hydrogens is 400 g/mol. The van der Waals surface area contributed by atoms with Crippen LogP contribution >= 0.6 is 31.9 Å². The van der Waals surface area contributed by atoms with Crippen molar-refractivity contribution in [3.8, 4) is 5.75 Å². The second kappa shape index (κ2) is 4.18. The molecule has 6 heteroatoms. The van der Waals surface area contributed by atoms with E-state index in [0.717, 1.165) is 16.6 Å². The lowest BCUT2D eigenvalue weighted by Gasteiger charge is -2.08. The van der Waals surface area contributed by atoms with Gasteiger partial charge in [0.25, 0.3) is 0 Å². The van der Waals surface area contributed by atoms with Crippen LogP contribution in [0.1, 0.15) is 5.69 Å². The van der Waals surface area contributed by atoms with Gasteiger partial charge in [0.2, 0.25) is 5.43 Å². The Balaban J connectivity index is 2.50. The number of halogens is 2. The summed E-state index contributed by atoms with van der Waals surface area (Å²) in [5, 5.41) is 16.5. The zero-order chi connectivity index (χ0) is 14.9.